The van der Waals surface area contributed by atoms with Crippen molar-refractivity contribution in [3.8, 4) is 0 Å². The van der Waals surface area contributed by atoms with Gasteiger partial charge in [0, 0.05) is 5.56 Å². The van der Waals surface area contributed by atoms with Crippen molar-refractivity contribution in [1.29, 1.82) is 0 Å². The van der Waals surface area contributed by atoms with Crippen LogP contribution in [0.4, 0.5) is 8.78 Å². The van der Waals surface area contributed by atoms with E-state index < -0.39 is 29.6 Å². The predicted molar refractivity (Wildman–Crippen MR) is 55.0 cm³/mol. The molecule has 2 N–H and O–H groups in total. The van der Waals surface area contributed by atoms with Crippen molar-refractivity contribution in [3.05, 3.63) is 35.4 Å². The summed E-state index contributed by atoms with van der Waals surface area (Å²) < 4.78 is 27.0. The maximum absolute atomic E-state index is 13.5. The maximum Gasteiger partial charge on any atom is 0.305 e. The van der Waals surface area contributed by atoms with E-state index in [1.807, 2.05) is 0 Å². The van der Waals surface area contributed by atoms with Gasteiger partial charge in [-0.2, -0.15) is 0 Å². The van der Waals surface area contributed by atoms with Gasteiger partial charge in [0.15, 0.2) is 0 Å². The van der Waals surface area contributed by atoms with E-state index in [1.54, 1.807) is 0 Å². The third-order valence-electron chi connectivity index (χ3n) is 2.57. The summed E-state index contributed by atoms with van der Waals surface area (Å²) >= 11 is 0. The second-order valence-electron chi connectivity index (χ2n) is 3.75. The molecule has 88 valence electrons. The minimum absolute atomic E-state index is 0.250. The van der Waals surface area contributed by atoms with E-state index in [0.29, 0.717) is 0 Å². The SMILES string of the molecule is CNC(C)(CC(=O)O)c1c(F)cccc1F. The average molecular weight is 229 g/mol. The quantitative estimate of drug-likeness (QED) is 0.828. The highest BCUT2D eigenvalue weighted by Crippen LogP contribution is 2.29. The molecule has 1 unspecified atom stereocenters. The highest BCUT2D eigenvalue weighted by molar-refractivity contribution is 5.69. The van der Waals surface area contributed by atoms with Crippen molar-refractivity contribution >= 4 is 5.97 Å². The van der Waals surface area contributed by atoms with Gasteiger partial charge >= 0.3 is 5.97 Å². The molecular weight excluding hydrogens is 216 g/mol. The van der Waals surface area contributed by atoms with E-state index in [9.17, 15) is 13.6 Å². The Morgan fingerprint density at radius 1 is 1.44 bits per heavy atom. The van der Waals surface area contributed by atoms with E-state index in [0.717, 1.165) is 12.1 Å². The van der Waals surface area contributed by atoms with Gasteiger partial charge in [0.05, 0.1) is 12.0 Å². The van der Waals surface area contributed by atoms with Gasteiger partial charge < -0.3 is 10.4 Å². The number of benzene rings is 1. The summed E-state index contributed by atoms with van der Waals surface area (Å²) in [5.41, 5.74) is -1.51. The number of rotatable bonds is 4. The second kappa shape index (κ2) is 4.57. The summed E-state index contributed by atoms with van der Waals surface area (Å²) in [5.74, 6) is -2.63. The van der Waals surface area contributed by atoms with Crippen LogP contribution in [0.25, 0.3) is 0 Å². The summed E-state index contributed by atoms with van der Waals surface area (Å²) in [5, 5.41) is 11.4. The minimum atomic E-state index is -1.26. The van der Waals surface area contributed by atoms with Crippen molar-refractivity contribution in [2.24, 2.45) is 0 Å². The molecule has 1 atom stereocenters. The van der Waals surface area contributed by atoms with Crippen LogP contribution in [0.1, 0.15) is 18.9 Å². The van der Waals surface area contributed by atoms with Crippen molar-refractivity contribution in [2.75, 3.05) is 7.05 Å². The predicted octanol–water partition coefficient (Wildman–Crippen LogP) is 1.87. The van der Waals surface area contributed by atoms with Crippen LogP contribution in [-0.4, -0.2) is 18.1 Å². The zero-order valence-electron chi connectivity index (χ0n) is 9.05. The molecule has 0 aliphatic rings. The maximum atomic E-state index is 13.5. The summed E-state index contributed by atoms with van der Waals surface area (Å²) in [4.78, 5) is 10.7. The Morgan fingerprint density at radius 2 is 1.94 bits per heavy atom. The lowest BCUT2D eigenvalue weighted by atomic mass is 9.88. The highest BCUT2D eigenvalue weighted by Gasteiger charge is 2.33. The molecule has 1 rings (SSSR count). The van der Waals surface area contributed by atoms with E-state index >= 15 is 0 Å². The molecule has 0 saturated heterocycles. The zero-order chi connectivity index (χ0) is 12.3. The van der Waals surface area contributed by atoms with Crippen LogP contribution in [-0.2, 0) is 10.3 Å². The van der Waals surface area contributed by atoms with E-state index in [1.165, 1.54) is 20.0 Å². The van der Waals surface area contributed by atoms with E-state index in [2.05, 4.69) is 5.32 Å². The minimum Gasteiger partial charge on any atom is -0.481 e. The van der Waals surface area contributed by atoms with Crippen LogP contribution < -0.4 is 5.32 Å². The lowest BCUT2D eigenvalue weighted by molar-refractivity contribution is -0.138. The van der Waals surface area contributed by atoms with Crippen LogP contribution in [0.2, 0.25) is 0 Å². The first-order valence-electron chi connectivity index (χ1n) is 4.76. The van der Waals surface area contributed by atoms with Crippen molar-refractivity contribution in [3.63, 3.8) is 0 Å². The number of carboxylic acid groups (broad SMARTS) is 1. The number of halogens is 2. The van der Waals surface area contributed by atoms with Crippen molar-refractivity contribution < 1.29 is 18.7 Å². The van der Waals surface area contributed by atoms with E-state index in [-0.39, 0.29) is 5.56 Å². The van der Waals surface area contributed by atoms with Crippen molar-refractivity contribution in [1.82, 2.24) is 5.32 Å². The second-order valence-corrected chi connectivity index (χ2v) is 3.75. The van der Waals surface area contributed by atoms with Gasteiger partial charge in [-0.25, -0.2) is 8.78 Å². The van der Waals surface area contributed by atoms with Crippen LogP contribution >= 0.6 is 0 Å². The number of nitrogens with one attached hydrogen (secondary N) is 1. The molecule has 0 amide bonds. The first-order valence-corrected chi connectivity index (χ1v) is 4.76. The lowest BCUT2D eigenvalue weighted by Gasteiger charge is -2.28. The fraction of sp³-hybridized carbons (Fsp3) is 0.364. The molecule has 0 spiro atoms. The molecular formula is C11H13F2NO2. The molecule has 0 saturated carbocycles. The molecule has 0 aliphatic carbocycles. The molecule has 0 bridgehead atoms. The van der Waals surface area contributed by atoms with E-state index in [4.69, 9.17) is 5.11 Å². The third-order valence-corrected chi connectivity index (χ3v) is 2.57. The molecule has 1 aromatic rings. The Labute approximate surface area is 92.1 Å². The van der Waals surface area contributed by atoms with Crippen LogP contribution in [0.3, 0.4) is 0 Å². The summed E-state index contributed by atoms with van der Waals surface area (Å²) in [6.07, 6.45) is -0.401. The Balaban J connectivity index is 3.27. The molecule has 5 heteroatoms. The molecule has 1 aromatic carbocycles. The number of carboxylic acids is 1. The number of aliphatic carboxylic acids is 1. The topological polar surface area (TPSA) is 49.3 Å². The van der Waals surface area contributed by atoms with Crippen LogP contribution in [0.15, 0.2) is 18.2 Å². The molecule has 3 nitrogen and oxygen atoms in total. The largest absolute Gasteiger partial charge is 0.481 e. The Bertz CT molecular complexity index is 389. The average Bonchev–Trinajstić information content (AvgIpc) is 2.16. The van der Waals surface area contributed by atoms with Crippen LogP contribution in [0, 0.1) is 11.6 Å². The number of hydrogen-bond donors (Lipinski definition) is 2. The van der Waals surface area contributed by atoms with Gasteiger partial charge in [0.25, 0.3) is 0 Å². The van der Waals surface area contributed by atoms with Gasteiger partial charge in [-0.3, -0.25) is 4.79 Å². The van der Waals surface area contributed by atoms with Gasteiger partial charge in [-0.05, 0) is 26.1 Å². The molecule has 0 radical (unpaired) electrons. The Kier molecular flexibility index (Phi) is 3.59. The third kappa shape index (κ3) is 2.36. The fourth-order valence-electron chi connectivity index (χ4n) is 1.63. The van der Waals surface area contributed by atoms with Crippen LogP contribution in [0.5, 0.6) is 0 Å². The Hall–Kier alpha value is -1.49. The number of hydrogen-bond acceptors (Lipinski definition) is 2. The first-order chi connectivity index (χ1) is 7.40. The zero-order valence-corrected chi connectivity index (χ0v) is 9.05. The fourth-order valence-corrected chi connectivity index (χ4v) is 1.63. The van der Waals surface area contributed by atoms with Gasteiger partial charge in [-0.1, -0.05) is 6.07 Å². The summed E-state index contributed by atoms with van der Waals surface area (Å²) in [6.45, 7) is 1.45. The lowest BCUT2D eigenvalue weighted by Crippen LogP contribution is -2.40. The van der Waals surface area contributed by atoms with Gasteiger partial charge in [0.2, 0.25) is 0 Å². The molecule has 0 aromatic heterocycles. The molecule has 0 fully saturated rings. The summed E-state index contributed by atoms with van der Waals surface area (Å²) in [6, 6.07) is 3.46. The normalized spacial score (nSPS) is 14.5. The first kappa shape index (κ1) is 12.6. The molecule has 16 heavy (non-hydrogen) atoms. The molecule has 0 aliphatic heterocycles. The van der Waals surface area contributed by atoms with Gasteiger partial charge in [0.1, 0.15) is 11.6 Å². The highest BCUT2D eigenvalue weighted by atomic mass is 19.1. The smallest absolute Gasteiger partial charge is 0.305 e. The summed E-state index contributed by atoms with van der Waals surface area (Å²) in [7, 11) is 1.47. The van der Waals surface area contributed by atoms with Gasteiger partial charge in [-0.15, -0.1) is 0 Å². The monoisotopic (exact) mass is 229 g/mol. The number of carbonyl (C=O) groups is 1. The molecule has 0 heterocycles. The standard InChI is InChI=1S/C11H13F2NO2/c1-11(14-2,6-9(15)16)10-7(12)4-3-5-8(10)13/h3-5,14H,6H2,1-2H3,(H,15,16). The Morgan fingerprint density at radius 3 is 2.31 bits per heavy atom. The van der Waals surface area contributed by atoms with Crippen molar-refractivity contribution in [2.45, 2.75) is 18.9 Å².